The third-order valence-corrected chi connectivity index (χ3v) is 4.14. The van der Waals surface area contributed by atoms with Crippen molar-refractivity contribution in [2.24, 2.45) is 0 Å². The van der Waals surface area contributed by atoms with Gasteiger partial charge in [0.1, 0.15) is 0 Å². The monoisotopic (exact) mass is 344 g/mol. The second kappa shape index (κ2) is 6.73. The molecule has 1 saturated heterocycles. The topological polar surface area (TPSA) is 32.3 Å². The summed E-state index contributed by atoms with van der Waals surface area (Å²) in [7, 11) is 0. The van der Waals surface area contributed by atoms with Gasteiger partial charge < -0.3 is 10.2 Å². The van der Waals surface area contributed by atoms with Crippen LogP contribution >= 0.6 is 27.5 Å². The molecule has 1 aromatic rings. The summed E-state index contributed by atoms with van der Waals surface area (Å²) in [6, 6.07) is 5.69. The van der Waals surface area contributed by atoms with Gasteiger partial charge in [-0.3, -0.25) is 4.79 Å². The van der Waals surface area contributed by atoms with Crippen LogP contribution in [0.15, 0.2) is 22.7 Å². The summed E-state index contributed by atoms with van der Waals surface area (Å²) in [5, 5.41) is 3.91. The van der Waals surface area contributed by atoms with Gasteiger partial charge >= 0.3 is 0 Å². The molecule has 1 aliphatic rings. The lowest BCUT2D eigenvalue weighted by Crippen LogP contribution is -2.46. The highest BCUT2D eigenvalue weighted by Crippen LogP contribution is 2.22. The van der Waals surface area contributed by atoms with E-state index in [1.165, 1.54) is 0 Å². The molecule has 104 valence electrons. The van der Waals surface area contributed by atoms with Crippen LogP contribution in [0.3, 0.4) is 0 Å². The quantitative estimate of drug-likeness (QED) is 0.911. The van der Waals surface area contributed by atoms with Gasteiger partial charge in [-0.15, -0.1) is 0 Å². The second-order valence-electron chi connectivity index (χ2n) is 4.73. The highest BCUT2D eigenvalue weighted by atomic mass is 79.9. The standard InChI is InChI=1S/C14H18BrClN2O/c1-2-18(13-3-5-17-6-4-13)14(19)10-7-11(15)9-12(16)8-10/h7-9,13,17H,2-6H2,1H3. The number of piperidine rings is 1. The van der Waals surface area contributed by atoms with Crippen molar-refractivity contribution in [3.05, 3.63) is 33.3 Å². The highest BCUT2D eigenvalue weighted by Gasteiger charge is 2.25. The number of nitrogens with zero attached hydrogens (tertiary/aromatic N) is 1. The fourth-order valence-electron chi connectivity index (χ4n) is 2.53. The lowest BCUT2D eigenvalue weighted by Gasteiger charge is -2.34. The van der Waals surface area contributed by atoms with E-state index in [1.807, 2.05) is 17.9 Å². The number of benzene rings is 1. The summed E-state index contributed by atoms with van der Waals surface area (Å²) in [6.07, 6.45) is 2.03. The molecule has 0 bridgehead atoms. The minimum atomic E-state index is 0.0672. The fourth-order valence-corrected chi connectivity index (χ4v) is 3.39. The Morgan fingerprint density at radius 3 is 2.68 bits per heavy atom. The smallest absolute Gasteiger partial charge is 0.254 e. The lowest BCUT2D eigenvalue weighted by atomic mass is 10.0. The van der Waals surface area contributed by atoms with E-state index < -0.39 is 0 Å². The SMILES string of the molecule is CCN(C(=O)c1cc(Cl)cc(Br)c1)C1CCNCC1. The Balaban J connectivity index is 2.19. The van der Waals surface area contributed by atoms with Crippen LogP contribution in [0.25, 0.3) is 0 Å². The Morgan fingerprint density at radius 1 is 1.42 bits per heavy atom. The molecule has 0 saturated carbocycles. The van der Waals surface area contributed by atoms with Crippen LogP contribution in [0.2, 0.25) is 5.02 Å². The molecular weight excluding hydrogens is 328 g/mol. The van der Waals surface area contributed by atoms with E-state index in [1.54, 1.807) is 12.1 Å². The van der Waals surface area contributed by atoms with Crippen molar-refractivity contribution in [2.45, 2.75) is 25.8 Å². The number of halogens is 2. The third-order valence-electron chi connectivity index (χ3n) is 3.46. The van der Waals surface area contributed by atoms with Gasteiger partial charge in [0.2, 0.25) is 0 Å². The van der Waals surface area contributed by atoms with Gasteiger partial charge in [0, 0.05) is 27.6 Å². The summed E-state index contributed by atoms with van der Waals surface area (Å²) in [6.45, 7) is 4.72. The average molecular weight is 346 g/mol. The Kier molecular flexibility index (Phi) is 5.25. The first-order valence-electron chi connectivity index (χ1n) is 6.59. The largest absolute Gasteiger partial charge is 0.336 e. The first kappa shape index (κ1) is 14.8. The van der Waals surface area contributed by atoms with E-state index >= 15 is 0 Å². The summed E-state index contributed by atoms with van der Waals surface area (Å²) >= 11 is 9.40. The highest BCUT2D eigenvalue weighted by molar-refractivity contribution is 9.10. The number of carbonyl (C=O) groups is 1. The zero-order valence-electron chi connectivity index (χ0n) is 11.0. The van der Waals surface area contributed by atoms with Crippen LogP contribution in [-0.4, -0.2) is 36.5 Å². The van der Waals surface area contributed by atoms with Crippen LogP contribution in [0, 0.1) is 0 Å². The minimum Gasteiger partial charge on any atom is -0.336 e. The molecule has 0 aromatic heterocycles. The molecule has 5 heteroatoms. The van der Waals surface area contributed by atoms with Crippen LogP contribution in [0.4, 0.5) is 0 Å². The maximum Gasteiger partial charge on any atom is 0.254 e. The Morgan fingerprint density at radius 2 is 2.11 bits per heavy atom. The van der Waals surface area contributed by atoms with Gasteiger partial charge in [-0.25, -0.2) is 0 Å². The molecule has 1 aromatic carbocycles. The number of hydrogen-bond acceptors (Lipinski definition) is 2. The predicted octanol–water partition coefficient (Wildman–Crippen LogP) is 3.32. The molecule has 3 nitrogen and oxygen atoms in total. The van der Waals surface area contributed by atoms with Crippen LogP contribution in [-0.2, 0) is 0 Å². The van der Waals surface area contributed by atoms with Crippen molar-refractivity contribution in [1.29, 1.82) is 0 Å². The molecule has 1 heterocycles. The van der Waals surface area contributed by atoms with E-state index in [-0.39, 0.29) is 5.91 Å². The van der Waals surface area contributed by atoms with Crippen molar-refractivity contribution in [3.63, 3.8) is 0 Å². The first-order chi connectivity index (χ1) is 9.11. The second-order valence-corrected chi connectivity index (χ2v) is 6.08. The minimum absolute atomic E-state index is 0.0672. The molecule has 0 radical (unpaired) electrons. The molecule has 0 unspecified atom stereocenters. The third kappa shape index (κ3) is 3.71. The van der Waals surface area contributed by atoms with Gasteiger partial charge in [0.25, 0.3) is 5.91 Å². The van der Waals surface area contributed by atoms with Gasteiger partial charge in [-0.2, -0.15) is 0 Å². The van der Waals surface area contributed by atoms with Crippen LogP contribution in [0.1, 0.15) is 30.1 Å². The molecule has 1 N–H and O–H groups in total. The van der Waals surface area contributed by atoms with E-state index in [0.29, 0.717) is 16.6 Å². The Bertz CT molecular complexity index is 441. The van der Waals surface area contributed by atoms with Gasteiger partial charge in [0.15, 0.2) is 0 Å². The molecule has 1 fully saturated rings. The van der Waals surface area contributed by atoms with Crippen molar-refractivity contribution >= 4 is 33.4 Å². The number of hydrogen-bond donors (Lipinski definition) is 1. The summed E-state index contributed by atoms with van der Waals surface area (Å²) in [4.78, 5) is 14.6. The molecule has 0 aliphatic carbocycles. The van der Waals surface area contributed by atoms with Crippen LogP contribution < -0.4 is 5.32 Å². The van der Waals surface area contributed by atoms with Crippen molar-refractivity contribution in [3.8, 4) is 0 Å². The zero-order chi connectivity index (χ0) is 13.8. The summed E-state index contributed by atoms with van der Waals surface area (Å²) in [5.41, 5.74) is 0.653. The Labute approximate surface area is 127 Å². The molecule has 19 heavy (non-hydrogen) atoms. The lowest BCUT2D eigenvalue weighted by molar-refractivity contribution is 0.0656. The van der Waals surface area contributed by atoms with E-state index in [9.17, 15) is 4.79 Å². The van der Waals surface area contributed by atoms with E-state index in [0.717, 1.165) is 36.9 Å². The molecule has 0 spiro atoms. The average Bonchev–Trinajstić information content (AvgIpc) is 2.39. The molecule has 1 amide bonds. The Hall–Kier alpha value is -0.580. The maximum atomic E-state index is 12.6. The number of nitrogens with one attached hydrogen (secondary N) is 1. The molecule has 0 atom stereocenters. The van der Waals surface area contributed by atoms with Crippen molar-refractivity contribution in [2.75, 3.05) is 19.6 Å². The summed E-state index contributed by atoms with van der Waals surface area (Å²) < 4.78 is 0.838. The predicted molar refractivity (Wildman–Crippen MR) is 81.8 cm³/mol. The number of carbonyl (C=O) groups excluding carboxylic acids is 1. The van der Waals surface area contributed by atoms with E-state index in [2.05, 4.69) is 21.2 Å². The van der Waals surface area contributed by atoms with Crippen molar-refractivity contribution < 1.29 is 4.79 Å². The van der Waals surface area contributed by atoms with Crippen LogP contribution in [0.5, 0.6) is 0 Å². The molecular formula is C14H18BrClN2O. The van der Waals surface area contributed by atoms with Crippen molar-refractivity contribution in [1.82, 2.24) is 10.2 Å². The van der Waals surface area contributed by atoms with E-state index in [4.69, 9.17) is 11.6 Å². The number of rotatable bonds is 3. The fraction of sp³-hybridized carbons (Fsp3) is 0.500. The van der Waals surface area contributed by atoms with Gasteiger partial charge in [0.05, 0.1) is 0 Å². The van der Waals surface area contributed by atoms with Gasteiger partial charge in [-0.1, -0.05) is 27.5 Å². The number of amides is 1. The molecule has 1 aliphatic heterocycles. The summed E-state index contributed by atoms with van der Waals surface area (Å²) in [5.74, 6) is 0.0672. The molecule has 2 rings (SSSR count). The zero-order valence-corrected chi connectivity index (χ0v) is 13.3. The maximum absolute atomic E-state index is 12.6. The normalized spacial score (nSPS) is 16.4. The van der Waals surface area contributed by atoms with Gasteiger partial charge in [-0.05, 0) is 51.1 Å². The first-order valence-corrected chi connectivity index (χ1v) is 7.76.